The topological polar surface area (TPSA) is 93.9 Å². The van der Waals surface area contributed by atoms with E-state index in [1.165, 1.54) is 29.8 Å². The van der Waals surface area contributed by atoms with E-state index >= 15 is 0 Å². The zero-order chi connectivity index (χ0) is 29.6. The summed E-state index contributed by atoms with van der Waals surface area (Å²) in [6, 6.07) is 9.71. The number of methoxy groups -OCH3 is 1. The molecule has 2 atom stereocenters. The molecule has 1 unspecified atom stereocenters. The van der Waals surface area contributed by atoms with Crippen LogP contribution in [0.3, 0.4) is 0 Å². The van der Waals surface area contributed by atoms with Crippen molar-refractivity contribution in [1.29, 1.82) is 0 Å². The number of halogens is 4. The van der Waals surface area contributed by atoms with E-state index in [1.54, 1.807) is 32.9 Å². The van der Waals surface area contributed by atoms with Crippen LogP contribution in [0, 0.1) is 0 Å². The van der Waals surface area contributed by atoms with Gasteiger partial charge in [-0.25, -0.2) is 14.2 Å². The van der Waals surface area contributed by atoms with Crippen molar-refractivity contribution < 1.29 is 31.8 Å². The Kier molecular flexibility index (Phi) is 7.26. The fourth-order valence-electron chi connectivity index (χ4n) is 5.15. The van der Waals surface area contributed by atoms with E-state index in [0.29, 0.717) is 22.6 Å². The van der Waals surface area contributed by atoms with E-state index in [-0.39, 0.29) is 30.9 Å². The fourth-order valence-corrected chi connectivity index (χ4v) is 5.15. The maximum atomic E-state index is 14.6. The number of pyridine rings is 2. The molecule has 0 saturated carbocycles. The molecule has 5 rings (SSSR count). The molecule has 1 aliphatic rings. The highest BCUT2D eigenvalue weighted by Crippen LogP contribution is 2.41. The smallest absolute Gasteiger partial charge is 0.408 e. The second-order valence-electron chi connectivity index (χ2n) is 11.1. The van der Waals surface area contributed by atoms with Crippen LogP contribution >= 0.6 is 0 Å². The third kappa shape index (κ3) is 5.76. The third-order valence-electron chi connectivity index (χ3n) is 6.95. The maximum absolute atomic E-state index is 14.6. The molecular weight excluding hydrogens is 544 g/mol. The lowest BCUT2D eigenvalue weighted by molar-refractivity contribution is -0.184. The van der Waals surface area contributed by atoms with Gasteiger partial charge in [-0.3, -0.25) is 9.30 Å². The van der Waals surface area contributed by atoms with Crippen molar-refractivity contribution in [3.05, 3.63) is 54.2 Å². The number of alkyl halides is 4. The van der Waals surface area contributed by atoms with E-state index < -0.39 is 36.1 Å². The normalized spacial score (nSPS) is 19.0. The number of nitrogens with one attached hydrogen (secondary N) is 1. The van der Waals surface area contributed by atoms with E-state index in [1.807, 2.05) is 18.2 Å². The molecular formula is C28H30F4N6O3. The van der Waals surface area contributed by atoms with Crippen molar-refractivity contribution in [3.63, 3.8) is 0 Å². The van der Waals surface area contributed by atoms with E-state index in [9.17, 15) is 22.4 Å². The van der Waals surface area contributed by atoms with Gasteiger partial charge in [-0.05, 0) is 51.0 Å². The lowest BCUT2D eigenvalue weighted by Gasteiger charge is -2.33. The summed E-state index contributed by atoms with van der Waals surface area (Å²) in [4.78, 5) is 18.1. The lowest BCUT2D eigenvalue weighted by atomic mass is 10.0. The number of rotatable bonds is 6. The minimum Gasteiger partial charge on any atom is -0.494 e. The molecule has 13 heteroatoms. The molecule has 9 nitrogen and oxygen atoms in total. The van der Waals surface area contributed by atoms with Crippen LogP contribution in [0.15, 0.2) is 48.7 Å². The third-order valence-corrected chi connectivity index (χ3v) is 6.95. The summed E-state index contributed by atoms with van der Waals surface area (Å²) >= 11 is 0. The van der Waals surface area contributed by atoms with Gasteiger partial charge in [-0.1, -0.05) is 24.3 Å². The van der Waals surface area contributed by atoms with Gasteiger partial charge in [-0.15, -0.1) is 10.2 Å². The number of aromatic nitrogens is 4. The van der Waals surface area contributed by atoms with Crippen molar-refractivity contribution in [1.82, 2.24) is 29.8 Å². The Balaban J connectivity index is 1.49. The number of ether oxygens (including phenoxy) is 2. The molecule has 0 aliphatic carbocycles. The van der Waals surface area contributed by atoms with Crippen LogP contribution < -0.4 is 10.1 Å². The van der Waals surface area contributed by atoms with Gasteiger partial charge in [0, 0.05) is 24.7 Å². The van der Waals surface area contributed by atoms with Gasteiger partial charge >= 0.3 is 12.3 Å². The first-order valence-electron chi connectivity index (χ1n) is 13.0. The van der Waals surface area contributed by atoms with Gasteiger partial charge in [0.15, 0.2) is 11.5 Å². The molecule has 0 radical (unpaired) electrons. The Hall–Kier alpha value is -4.00. The van der Waals surface area contributed by atoms with Gasteiger partial charge in [0.25, 0.3) is 0 Å². The molecule has 1 N–H and O–H groups in total. The van der Waals surface area contributed by atoms with Crippen molar-refractivity contribution in [2.75, 3.05) is 26.9 Å². The van der Waals surface area contributed by atoms with Crippen molar-refractivity contribution in [2.45, 2.75) is 50.6 Å². The Bertz CT molecular complexity index is 1580. The highest BCUT2D eigenvalue weighted by atomic mass is 19.4. The Morgan fingerprint density at radius 1 is 1.12 bits per heavy atom. The maximum Gasteiger partial charge on any atom is 0.408 e. The van der Waals surface area contributed by atoms with Crippen LogP contribution in [-0.2, 0) is 4.74 Å². The van der Waals surface area contributed by atoms with Crippen LogP contribution in [0.4, 0.5) is 22.4 Å². The fraction of sp³-hybridized carbons (Fsp3) is 0.429. The minimum absolute atomic E-state index is 0.0156. The Morgan fingerprint density at radius 3 is 2.59 bits per heavy atom. The number of hydrogen-bond donors (Lipinski definition) is 1. The van der Waals surface area contributed by atoms with Gasteiger partial charge in [-0.2, -0.15) is 13.2 Å². The molecule has 1 amide bonds. The minimum atomic E-state index is -4.70. The number of benzene rings is 1. The van der Waals surface area contributed by atoms with Crippen LogP contribution in [0.1, 0.15) is 38.8 Å². The predicted molar refractivity (Wildman–Crippen MR) is 143 cm³/mol. The number of amides is 1. The van der Waals surface area contributed by atoms with E-state index in [0.717, 1.165) is 10.3 Å². The average Bonchev–Trinajstić information content (AvgIpc) is 3.50. The van der Waals surface area contributed by atoms with Gasteiger partial charge in [0.1, 0.15) is 35.3 Å². The summed E-state index contributed by atoms with van der Waals surface area (Å²) < 4.78 is 70.1. The summed E-state index contributed by atoms with van der Waals surface area (Å²) in [6.07, 6.45) is -4.27. The number of carbonyl (C=O) groups excluding carboxylic acids is 1. The van der Waals surface area contributed by atoms with Gasteiger partial charge in [0.05, 0.1) is 12.6 Å². The van der Waals surface area contributed by atoms with Gasteiger partial charge < -0.3 is 14.8 Å². The first-order chi connectivity index (χ1) is 19.3. The quantitative estimate of drug-likeness (QED) is 0.304. The molecule has 218 valence electrons. The largest absolute Gasteiger partial charge is 0.494 e. The second kappa shape index (κ2) is 10.4. The van der Waals surface area contributed by atoms with Crippen LogP contribution in [0.5, 0.6) is 5.75 Å². The molecule has 3 aromatic heterocycles. The standard InChI is InChI=1S/C28H30F4N6O3/c1-26(2,3)41-25(39)34-27(15-29)12-13-37(16-27)23(28(30,31)32)18-9-11-21-35-36-24(38(21)14-18)19-10-8-17-6-5-7-20(40-4)22(17)33-19/h5-11,14,23H,12-13,15-16H2,1-4H3,(H,34,39)/t23-,27?/m1/s1. The molecule has 41 heavy (non-hydrogen) atoms. The number of para-hydroxylation sites is 1. The number of carbonyl (C=O) groups is 1. The van der Waals surface area contributed by atoms with Crippen molar-refractivity contribution in [2.24, 2.45) is 0 Å². The molecule has 4 heterocycles. The SMILES string of the molecule is COc1cccc2ccc(-c3nnc4ccc([C@@H](N5CCC(CF)(NC(=O)OC(C)(C)C)C5)C(F)(F)F)cn34)nc12. The van der Waals surface area contributed by atoms with Crippen LogP contribution in [0.25, 0.3) is 28.1 Å². The Labute approximate surface area is 233 Å². The summed E-state index contributed by atoms with van der Waals surface area (Å²) in [5.74, 6) is 0.795. The highest BCUT2D eigenvalue weighted by Gasteiger charge is 2.51. The molecule has 1 aliphatic heterocycles. The summed E-state index contributed by atoms with van der Waals surface area (Å²) in [7, 11) is 1.53. The van der Waals surface area contributed by atoms with Crippen LogP contribution in [-0.4, -0.2) is 74.8 Å². The highest BCUT2D eigenvalue weighted by molar-refractivity contribution is 5.86. The monoisotopic (exact) mass is 574 g/mol. The zero-order valence-electron chi connectivity index (χ0n) is 23.0. The first kappa shape index (κ1) is 28.5. The molecule has 1 aromatic carbocycles. The predicted octanol–water partition coefficient (Wildman–Crippen LogP) is 5.50. The molecule has 1 saturated heterocycles. The Morgan fingerprint density at radius 2 is 1.90 bits per heavy atom. The summed E-state index contributed by atoms with van der Waals surface area (Å²) in [5.41, 5.74) is -1.13. The van der Waals surface area contributed by atoms with Gasteiger partial charge in [0.2, 0.25) is 0 Å². The molecule has 1 fully saturated rings. The second-order valence-corrected chi connectivity index (χ2v) is 11.1. The average molecular weight is 575 g/mol. The molecule has 0 spiro atoms. The van der Waals surface area contributed by atoms with Crippen molar-refractivity contribution in [3.8, 4) is 17.3 Å². The molecule has 0 bridgehead atoms. The number of alkyl carbamates (subject to hydrolysis) is 1. The zero-order valence-corrected chi connectivity index (χ0v) is 23.0. The number of fused-ring (bicyclic) bond motifs is 2. The number of hydrogen-bond acceptors (Lipinski definition) is 7. The first-order valence-corrected chi connectivity index (χ1v) is 13.0. The van der Waals surface area contributed by atoms with E-state index in [4.69, 9.17) is 9.47 Å². The van der Waals surface area contributed by atoms with Crippen molar-refractivity contribution >= 4 is 22.6 Å². The summed E-state index contributed by atoms with van der Waals surface area (Å²) in [6.45, 7) is 3.45. The number of nitrogens with zero attached hydrogens (tertiary/aromatic N) is 5. The number of likely N-dealkylation sites (tertiary alicyclic amines) is 1. The lowest BCUT2D eigenvalue weighted by Crippen LogP contribution is -2.54. The van der Waals surface area contributed by atoms with Crippen LogP contribution in [0.2, 0.25) is 0 Å². The van der Waals surface area contributed by atoms with E-state index in [2.05, 4.69) is 20.5 Å². The molecule has 4 aromatic rings. The summed E-state index contributed by atoms with van der Waals surface area (Å²) in [5, 5.41) is 11.6.